The molecular formula is C20H21F3N6O2. The van der Waals surface area contributed by atoms with E-state index < -0.39 is 12.1 Å². The number of carboxylic acids is 1. The molecule has 1 fully saturated rings. The van der Waals surface area contributed by atoms with Crippen LogP contribution in [-0.2, 0) is 4.79 Å². The van der Waals surface area contributed by atoms with Crippen LogP contribution in [0.5, 0.6) is 0 Å². The van der Waals surface area contributed by atoms with E-state index in [2.05, 4.69) is 33.0 Å². The molecule has 0 spiro atoms. The van der Waals surface area contributed by atoms with Crippen LogP contribution in [0.2, 0.25) is 0 Å². The number of H-pyrrole nitrogens is 1. The van der Waals surface area contributed by atoms with Crippen molar-refractivity contribution in [1.29, 1.82) is 5.26 Å². The quantitative estimate of drug-likeness (QED) is 0.624. The van der Waals surface area contributed by atoms with Gasteiger partial charge in [-0.15, -0.1) is 0 Å². The number of hydrogen-bond donors (Lipinski definition) is 2. The standard InChI is InChI=1S/C18H20N6.C2HF3O2/c1-18(6-2-3-7-18)15(4-8-19)24-11-13(10-23-24)16-14-5-9-20-17(14)22-12-21-16;3-2(4,5)1(6)7/h5,9-12,15H,2-4,6-7H2,1H3,(H,20,21,22);(H,6,7). The van der Waals surface area contributed by atoms with E-state index in [1.807, 2.05) is 29.3 Å². The number of fused-ring (bicyclic) bond motifs is 1. The van der Waals surface area contributed by atoms with Gasteiger partial charge in [-0.05, 0) is 24.3 Å². The molecular weight excluding hydrogens is 413 g/mol. The Morgan fingerprint density at radius 2 is 2.06 bits per heavy atom. The van der Waals surface area contributed by atoms with Crippen LogP contribution in [0.3, 0.4) is 0 Å². The molecule has 11 heteroatoms. The summed E-state index contributed by atoms with van der Waals surface area (Å²) >= 11 is 0. The normalized spacial score (nSPS) is 16.4. The molecule has 1 saturated carbocycles. The minimum absolute atomic E-state index is 0.113. The average Bonchev–Trinajstić information content (AvgIpc) is 3.46. The molecule has 0 bridgehead atoms. The van der Waals surface area contributed by atoms with Crippen molar-refractivity contribution >= 4 is 17.0 Å². The lowest BCUT2D eigenvalue weighted by Crippen LogP contribution is -2.27. The number of rotatable bonds is 4. The zero-order valence-corrected chi connectivity index (χ0v) is 16.7. The third kappa shape index (κ3) is 4.84. The third-order valence-electron chi connectivity index (χ3n) is 5.63. The SMILES string of the molecule is CC1(C(CC#N)n2cc(-c3ncnc4[nH]ccc34)cn2)CCCC1.O=C(O)C(F)(F)F. The lowest BCUT2D eigenvalue weighted by Gasteiger charge is -2.32. The molecule has 0 amide bonds. The summed E-state index contributed by atoms with van der Waals surface area (Å²) in [5.74, 6) is -2.76. The Hall–Kier alpha value is -3.42. The summed E-state index contributed by atoms with van der Waals surface area (Å²) in [6.07, 6.45) is 7.50. The highest BCUT2D eigenvalue weighted by Gasteiger charge is 2.39. The first-order valence-electron chi connectivity index (χ1n) is 9.65. The number of carbonyl (C=O) groups is 1. The fourth-order valence-electron chi connectivity index (χ4n) is 3.99. The first-order chi connectivity index (χ1) is 14.7. The number of halogens is 3. The van der Waals surface area contributed by atoms with Crippen molar-refractivity contribution in [1.82, 2.24) is 24.7 Å². The molecule has 8 nitrogen and oxygen atoms in total. The van der Waals surface area contributed by atoms with E-state index in [9.17, 15) is 18.4 Å². The van der Waals surface area contributed by atoms with Gasteiger partial charge in [0.25, 0.3) is 0 Å². The minimum Gasteiger partial charge on any atom is -0.475 e. The Kier molecular flexibility index (Phi) is 6.29. The van der Waals surface area contributed by atoms with Crippen LogP contribution in [0, 0.1) is 16.7 Å². The maximum Gasteiger partial charge on any atom is 0.490 e. The summed E-state index contributed by atoms with van der Waals surface area (Å²) in [7, 11) is 0. The van der Waals surface area contributed by atoms with Crippen LogP contribution in [0.15, 0.2) is 31.0 Å². The van der Waals surface area contributed by atoms with E-state index in [0.717, 1.165) is 35.1 Å². The summed E-state index contributed by atoms with van der Waals surface area (Å²) in [6.45, 7) is 2.29. The minimum atomic E-state index is -5.08. The third-order valence-corrected chi connectivity index (χ3v) is 5.63. The lowest BCUT2D eigenvalue weighted by molar-refractivity contribution is -0.192. The maximum atomic E-state index is 10.6. The summed E-state index contributed by atoms with van der Waals surface area (Å²) < 4.78 is 33.7. The molecule has 3 heterocycles. The second-order valence-electron chi connectivity index (χ2n) is 7.71. The van der Waals surface area contributed by atoms with Crippen molar-refractivity contribution < 1.29 is 23.1 Å². The first kappa shape index (κ1) is 22.3. The Morgan fingerprint density at radius 1 is 1.39 bits per heavy atom. The summed E-state index contributed by atoms with van der Waals surface area (Å²) in [5.41, 5.74) is 2.81. The molecule has 0 aromatic carbocycles. The number of nitrogens with zero attached hydrogens (tertiary/aromatic N) is 5. The average molecular weight is 434 g/mol. The molecule has 1 atom stereocenters. The highest BCUT2D eigenvalue weighted by molar-refractivity contribution is 5.89. The largest absolute Gasteiger partial charge is 0.490 e. The van der Waals surface area contributed by atoms with E-state index in [-0.39, 0.29) is 11.5 Å². The Labute approximate surface area is 175 Å². The van der Waals surface area contributed by atoms with Gasteiger partial charge >= 0.3 is 12.1 Å². The Balaban J connectivity index is 0.000000339. The van der Waals surface area contributed by atoms with Crippen LogP contribution >= 0.6 is 0 Å². The van der Waals surface area contributed by atoms with Crippen LogP contribution < -0.4 is 0 Å². The van der Waals surface area contributed by atoms with Crippen molar-refractivity contribution in [3.05, 3.63) is 31.0 Å². The number of aromatic amines is 1. The van der Waals surface area contributed by atoms with Gasteiger partial charge in [-0.3, -0.25) is 4.68 Å². The second kappa shape index (κ2) is 8.75. The number of nitrogens with one attached hydrogen (secondary N) is 1. The number of aromatic nitrogens is 5. The van der Waals surface area contributed by atoms with Crippen LogP contribution in [0.4, 0.5) is 13.2 Å². The molecule has 2 N–H and O–H groups in total. The summed E-state index contributed by atoms with van der Waals surface area (Å²) in [6, 6.07) is 4.44. The number of alkyl halides is 3. The molecule has 1 unspecified atom stereocenters. The van der Waals surface area contributed by atoms with E-state index in [1.54, 1.807) is 6.33 Å². The van der Waals surface area contributed by atoms with Crippen LogP contribution in [0.25, 0.3) is 22.3 Å². The predicted molar refractivity (Wildman–Crippen MR) is 105 cm³/mol. The Bertz CT molecular complexity index is 1090. The number of nitriles is 1. The van der Waals surface area contributed by atoms with Gasteiger partial charge in [-0.1, -0.05) is 19.8 Å². The van der Waals surface area contributed by atoms with Gasteiger partial charge in [-0.25, -0.2) is 14.8 Å². The van der Waals surface area contributed by atoms with E-state index in [1.165, 1.54) is 12.8 Å². The topological polar surface area (TPSA) is 120 Å². The molecule has 1 aliphatic carbocycles. The molecule has 3 aromatic heterocycles. The zero-order valence-electron chi connectivity index (χ0n) is 16.7. The number of hydrogen-bond acceptors (Lipinski definition) is 5. The highest BCUT2D eigenvalue weighted by Crippen LogP contribution is 2.47. The highest BCUT2D eigenvalue weighted by atomic mass is 19.4. The lowest BCUT2D eigenvalue weighted by atomic mass is 9.79. The van der Waals surface area contributed by atoms with Crippen LogP contribution in [-0.4, -0.2) is 42.0 Å². The van der Waals surface area contributed by atoms with Crippen molar-refractivity contribution in [3.63, 3.8) is 0 Å². The smallest absolute Gasteiger partial charge is 0.475 e. The molecule has 1 aliphatic rings. The van der Waals surface area contributed by atoms with Gasteiger partial charge in [0.15, 0.2) is 0 Å². The van der Waals surface area contributed by atoms with E-state index >= 15 is 0 Å². The van der Waals surface area contributed by atoms with Crippen molar-refractivity contribution in [2.24, 2.45) is 5.41 Å². The molecule has 0 radical (unpaired) electrons. The van der Waals surface area contributed by atoms with Crippen molar-refractivity contribution in [2.45, 2.75) is 51.2 Å². The molecule has 4 rings (SSSR count). The number of aliphatic carboxylic acids is 1. The fourth-order valence-corrected chi connectivity index (χ4v) is 3.99. The fraction of sp³-hybridized carbons (Fsp3) is 0.450. The van der Waals surface area contributed by atoms with Crippen molar-refractivity contribution in [3.8, 4) is 17.3 Å². The van der Waals surface area contributed by atoms with Crippen LogP contribution in [0.1, 0.15) is 45.1 Å². The molecule has 0 saturated heterocycles. The van der Waals surface area contributed by atoms with Gasteiger partial charge < -0.3 is 10.1 Å². The zero-order chi connectivity index (χ0) is 22.6. The Morgan fingerprint density at radius 3 is 2.68 bits per heavy atom. The second-order valence-corrected chi connectivity index (χ2v) is 7.71. The van der Waals surface area contributed by atoms with Gasteiger partial charge in [0, 0.05) is 23.3 Å². The molecule has 3 aromatic rings. The molecule has 31 heavy (non-hydrogen) atoms. The summed E-state index contributed by atoms with van der Waals surface area (Å²) in [5, 5.41) is 22.0. The van der Waals surface area contributed by atoms with E-state index in [0.29, 0.717) is 6.42 Å². The predicted octanol–water partition coefficient (Wildman–Crippen LogP) is 4.49. The molecule has 164 valence electrons. The molecule has 0 aliphatic heterocycles. The van der Waals surface area contributed by atoms with Gasteiger partial charge in [-0.2, -0.15) is 23.5 Å². The monoisotopic (exact) mass is 434 g/mol. The summed E-state index contributed by atoms with van der Waals surface area (Å²) in [4.78, 5) is 20.7. The maximum absolute atomic E-state index is 10.6. The van der Waals surface area contributed by atoms with E-state index in [4.69, 9.17) is 9.90 Å². The van der Waals surface area contributed by atoms with Gasteiger partial charge in [0.05, 0.1) is 30.4 Å². The van der Waals surface area contributed by atoms with Gasteiger partial charge in [0.2, 0.25) is 0 Å². The number of carboxylic acid groups (broad SMARTS) is 1. The van der Waals surface area contributed by atoms with Crippen molar-refractivity contribution in [2.75, 3.05) is 0 Å². The first-order valence-corrected chi connectivity index (χ1v) is 9.65. The van der Waals surface area contributed by atoms with Gasteiger partial charge in [0.1, 0.15) is 12.0 Å².